The molecule has 0 bridgehead atoms. The second-order valence-electron chi connectivity index (χ2n) is 4.39. The van der Waals surface area contributed by atoms with Crippen molar-refractivity contribution in [2.75, 3.05) is 5.73 Å². The second-order valence-corrected chi connectivity index (χ2v) is 4.39. The molecule has 4 heteroatoms. The predicted octanol–water partition coefficient (Wildman–Crippen LogP) is 3.53. The Morgan fingerprint density at radius 3 is 2.15 bits per heavy atom. The molecule has 0 radical (unpaired) electrons. The van der Waals surface area contributed by atoms with Crippen molar-refractivity contribution in [2.24, 2.45) is 0 Å². The molecule has 0 saturated heterocycles. The van der Waals surface area contributed by atoms with Crippen LogP contribution >= 0.6 is 0 Å². The van der Waals surface area contributed by atoms with Crippen LogP contribution in [0.4, 0.5) is 10.1 Å². The van der Waals surface area contributed by atoms with Gasteiger partial charge < -0.3 is 5.73 Å². The number of hydrogen-bond donors (Lipinski definition) is 1. The second kappa shape index (κ2) is 5.09. The highest BCUT2D eigenvalue weighted by Crippen LogP contribution is 2.21. The summed E-state index contributed by atoms with van der Waals surface area (Å²) in [6.45, 7) is 0. The first-order valence-corrected chi connectivity index (χ1v) is 6.17. The summed E-state index contributed by atoms with van der Waals surface area (Å²) in [6.07, 6.45) is 1.69. The molecule has 0 spiro atoms. The molecule has 0 amide bonds. The van der Waals surface area contributed by atoms with E-state index < -0.39 is 0 Å². The lowest BCUT2D eigenvalue weighted by Crippen LogP contribution is -1.92. The Morgan fingerprint density at radius 1 is 0.800 bits per heavy atom. The maximum atomic E-state index is 12.9. The number of rotatable bonds is 2. The standard InChI is InChI=1S/C16H12FN3/c17-13-5-1-11(2-6-13)15-9-10-19-16(20-15)12-3-7-14(18)8-4-12/h1-10H,18H2. The van der Waals surface area contributed by atoms with Gasteiger partial charge in [0.1, 0.15) is 5.82 Å². The average molecular weight is 265 g/mol. The maximum absolute atomic E-state index is 12.9. The molecule has 20 heavy (non-hydrogen) atoms. The predicted molar refractivity (Wildman–Crippen MR) is 77.3 cm³/mol. The lowest BCUT2D eigenvalue weighted by Gasteiger charge is -2.04. The largest absolute Gasteiger partial charge is 0.399 e. The highest BCUT2D eigenvalue weighted by molar-refractivity contribution is 5.64. The average Bonchev–Trinajstić information content (AvgIpc) is 2.49. The Balaban J connectivity index is 2.01. The third-order valence-corrected chi connectivity index (χ3v) is 2.96. The van der Waals surface area contributed by atoms with E-state index in [2.05, 4.69) is 9.97 Å². The summed E-state index contributed by atoms with van der Waals surface area (Å²) in [5, 5.41) is 0. The van der Waals surface area contributed by atoms with Crippen molar-refractivity contribution < 1.29 is 4.39 Å². The number of hydrogen-bond acceptors (Lipinski definition) is 3. The first-order chi connectivity index (χ1) is 9.72. The number of halogens is 1. The molecule has 0 unspecified atom stereocenters. The number of nitrogens with two attached hydrogens (primary N) is 1. The fourth-order valence-corrected chi connectivity index (χ4v) is 1.91. The number of nitrogens with zero attached hydrogens (tertiary/aromatic N) is 2. The van der Waals surface area contributed by atoms with Gasteiger partial charge in [0.2, 0.25) is 0 Å². The van der Waals surface area contributed by atoms with Crippen molar-refractivity contribution in [3.05, 3.63) is 66.6 Å². The van der Waals surface area contributed by atoms with Gasteiger partial charge in [0.25, 0.3) is 0 Å². The monoisotopic (exact) mass is 265 g/mol. The van der Waals surface area contributed by atoms with Crippen LogP contribution in [0.15, 0.2) is 60.8 Å². The lowest BCUT2D eigenvalue weighted by atomic mass is 10.1. The van der Waals surface area contributed by atoms with Crippen molar-refractivity contribution in [2.45, 2.75) is 0 Å². The van der Waals surface area contributed by atoms with Crippen LogP contribution in [0.1, 0.15) is 0 Å². The Labute approximate surface area is 115 Å². The van der Waals surface area contributed by atoms with Crippen molar-refractivity contribution in [3.63, 3.8) is 0 Å². The molecular formula is C16H12FN3. The quantitative estimate of drug-likeness (QED) is 0.721. The summed E-state index contributed by atoms with van der Waals surface area (Å²) in [7, 11) is 0. The van der Waals surface area contributed by atoms with E-state index in [0.29, 0.717) is 11.5 Å². The zero-order valence-corrected chi connectivity index (χ0v) is 10.6. The van der Waals surface area contributed by atoms with Crippen molar-refractivity contribution >= 4 is 5.69 Å². The molecule has 2 N–H and O–H groups in total. The van der Waals surface area contributed by atoms with Crippen molar-refractivity contribution in [1.29, 1.82) is 0 Å². The summed E-state index contributed by atoms with van der Waals surface area (Å²) < 4.78 is 12.9. The molecule has 98 valence electrons. The van der Waals surface area contributed by atoms with E-state index in [1.54, 1.807) is 24.4 Å². The van der Waals surface area contributed by atoms with Crippen LogP contribution < -0.4 is 5.73 Å². The fourth-order valence-electron chi connectivity index (χ4n) is 1.91. The van der Waals surface area contributed by atoms with Gasteiger partial charge in [-0.3, -0.25) is 0 Å². The van der Waals surface area contributed by atoms with Crippen LogP contribution in [0.5, 0.6) is 0 Å². The van der Waals surface area contributed by atoms with Gasteiger partial charge in [0, 0.05) is 23.0 Å². The van der Waals surface area contributed by atoms with Gasteiger partial charge in [-0.1, -0.05) is 0 Å². The van der Waals surface area contributed by atoms with E-state index in [0.717, 1.165) is 16.8 Å². The topological polar surface area (TPSA) is 51.8 Å². The Bertz CT molecular complexity index is 661. The number of benzene rings is 2. The van der Waals surface area contributed by atoms with E-state index in [-0.39, 0.29) is 5.82 Å². The highest BCUT2D eigenvalue weighted by atomic mass is 19.1. The van der Waals surface area contributed by atoms with Crippen molar-refractivity contribution in [3.8, 4) is 22.6 Å². The van der Waals surface area contributed by atoms with Crippen LogP contribution in [-0.2, 0) is 0 Å². The van der Waals surface area contributed by atoms with Gasteiger partial charge >= 0.3 is 0 Å². The van der Waals surface area contributed by atoms with E-state index in [9.17, 15) is 4.39 Å². The number of aromatic nitrogens is 2. The molecule has 3 nitrogen and oxygen atoms in total. The fraction of sp³-hybridized carbons (Fsp3) is 0. The number of nitrogen functional groups attached to an aromatic ring is 1. The Kier molecular flexibility index (Phi) is 3.13. The SMILES string of the molecule is Nc1ccc(-c2nccc(-c3ccc(F)cc3)n2)cc1. The normalized spacial score (nSPS) is 10.4. The zero-order chi connectivity index (χ0) is 13.9. The van der Waals surface area contributed by atoms with Gasteiger partial charge in [-0.2, -0.15) is 0 Å². The molecule has 0 aliphatic carbocycles. The van der Waals surface area contributed by atoms with E-state index >= 15 is 0 Å². The molecule has 1 aromatic heterocycles. The molecule has 0 saturated carbocycles. The Morgan fingerprint density at radius 2 is 1.45 bits per heavy atom. The minimum absolute atomic E-state index is 0.262. The maximum Gasteiger partial charge on any atom is 0.159 e. The molecule has 1 heterocycles. The van der Waals surface area contributed by atoms with E-state index in [4.69, 9.17) is 5.73 Å². The first-order valence-electron chi connectivity index (χ1n) is 6.17. The minimum atomic E-state index is -0.262. The van der Waals surface area contributed by atoms with E-state index in [1.165, 1.54) is 12.1 Å². The Hall–Kier alpha value is -2.75. The lowest BCUT2D eigenvalue weighted by molar-refractivity contribution is 0.628. The van der Waals surface area contributed by atoms with Crippen molar-refractivity contribution in [1.82, 2.24) is 9.97 Å². The summed E-state index contributed by atoms with van der Waals surface area (Å²) in [4.78, 5) is 8.75. The molecule has 2 aromatic carbocycles. The number of anilines is 1. The molecule has 3 rings (SSSR count). The summed E-state index contributed by atoms with van der Waals surface area (Å²) >= 11 is 0. The summed E-state index contributed by atoms with van der Waals surface area (Å²) in [6, 6.07) is 15.4. The van der Waals surface area contributed by atoms with Crippen LogP contribution in [0.2, 0.25) is 0 Å². The summed E-state index contributed by atoms with van der Waals surface area (Å²) in [5.74, 6) is 0.355. The van der Waals surface area contributed by atoms with Crippen LogP contribution in [0, 0.1) is 5.82 Å². The van der Waals surface area contributed by atoms with Gasteiger partial charge in [0.15, 0.2) is 5.82 Å². The van der Waals surface area contributed by atoms with Gasteiger partial charge in [-0.25, -0.2) is 14.4 Å². The van der Waals surface area contributed by atoms with Crippen LogP contribution in [0.3, 0.4) is 0 Å². The minimum Gasteiger partial charge on any atom is -0.399 e. The zero-order valence-electron chi connectivity index (χ0n) is 10.6. The molecule has 0 aliphatic rings. The van der Waals surface area contributed by atoms with E-state index in [1.807, 2.05) is 24.3 Å². The molecule has 0 atom stereocenters. The molecule has 3 aromatic rings. The molecule has 0 aliphatic heterocycles. The summed E-state index contributed by atoms with van der Waals surface area (Å²) in [5.41, 5.74) is 8.86. The third kappa shape index (κ3) is 2.49. The van der Waals surface area contributed by atoms with Gasteiger partial charge in [-0.15, -0.1) is 0 Å². The molecular weight excluding hydrogens is 253 g/mol. The van der Waals surface area contributed by atoms with Gasteiger partial charge in [-0.05, 0) is 54.6 Å². The molecule has 0 fully saturated rings. The smallest absolute Gasteiger partial charge is 0.159 e. The highest BCUT2D eigenvalue weighted by Gasteiger charge is 2.04. The van der Waals surface area contributed by atoms with Crippen LogP contribution in [-0.4, -0.2) is 9.97 Å². The van der Waals surface area contributed by atoms with Crippen LogP contribution in [0.25, 0.3) is 22.6 Å². The van der Waals surface area contributed by atoms with Gasteiger partial charge in [0.05, 0.1) is 5.69 Å². The third-order valence-electron chi connectivity index (χ3n) is 2.96. The first kappa shape index (κ1) is 12.3.